The number of carbonyl (C=O) groups excluding carboxylic acids is 3. The number of nitrogens with zero attached hydrogens (tertiary/aromatic N) is 2. The molecule has 1 saturated heterocycles. The van der Waals surface area contributed by atoms with Crippen molar-refractivity contribution >= 4 is 17.5 Å². The van der Waals surface area contributed by atoms with E-state index in [1.807, 2.05) is 43.3 Å². The number of carbonyl (C=O) groups is 3. The van der Waals surface area contributed by atoms with Crippen molar-refractivity contribution in [2.45, 2.75) is 26.1 Å². The summed E-state index contributed by atoms with van der Waals surface area (Å²) < 4.78 is 22.6. The van der Waals surface area contributed by atoms with E-state index in [0.29, 0.717) is 46.3 Å². The molecule has 1 aliphatic rings. The number of hydrogen-bond acceptors (Lipinski definition) is 8. The van der Waals surface area contributed by atoms with Gasteiger partial charge >= 0.3 is 0 Å². The van der Waals surface area contributed by atoms with Crippen LogP contribution in [0.5, 0.6) is 23.0 Å². The van der Waals surface area contributed by atoms with Gasteiger partial charge < -0.3 is 23.8 Å². The molecule has 43 heavy (non-hydrogen) atoms. The molecule has 220 valence electrons. The summed E-state index contributed by atoms with van der Waals surface area (Å²) in [5.74, 6) is -1.65. The van der Waals surface area contributed by atoms with Crippen LogP contribution in [0.3, 0.4) is 0 Å². The molecule has 9 heteroatoms. The lowest BCUT2D eigenvalue weighted by Crippen LogP contribution is -2.30. The van der Waals surface area contributed by atoms with Gasteiger partial charge in [0.05, 0.1) is 27.4 Å². The minimum atomic E-state index is -1.30. The third-order valence-electron chi connectivity index (χ3n) is 7.49. The Morgan fingerprint density at radius 3 is 2.14 bits per heavy atom. The van der Waals surface area contributed by atoms with E-state index >= 15 is 0 Å². The highest BCUT2D eigenvalue weighted by atomic mass is 16.5. The Balaban J connectivity index is 1.53. The van der Waals surface area contributed by atoms with Crippen LogP contribution in [0.2, 0.25) is 0 Å². The maximum atomic E-state index is 14.1. The molecule has 1 fully saturated rings. The zero-order valence-corrected chi connectivity index (χ0v) is 24.4. The average molecular weight is 581 g/mol. The number of aromatic nitrogens is 1. The van der Waals surface area contributed by atoms with Gasteiger partial charge in [0.25, 0.3) is 5.91 Å². The van der Waals surface area contributed by atoms with Crippen LogP contribution in [0.4, 0.5) is 0 Å². The maximum absolute atomic E-state index is 14.1. The zero-order chi connectivity index (χ0) is 30.5. The number of Topliss-reactive ketones (excluding diaryl/α,β-unsaturated/α-hetero) is 2. The molecular weight excluding hydrogens is 548 g/mol. The number of ether oxygens (including phenoxy) is 4. The lowest BCUT2D eigenvalue weighted by atomic mass is 9.85. The summed E-state index contributed by atoms with van der Waals surface area (Å²) in [4.78, 5) is 46.8. The number of ketones is 2. The Bertz CT molecular complexity index is 1610. The summed E-state index contributed by atoms with van der Waals surface area (Å²) in [7, 11) is 4.44. The van der Waals surface area contributed by atoms with Crippen LogP contribution in [-0.2, 0) is 22.7 Å². The van der Waals surface area contributed by atoms with E-state index in [1.54, 1.807) is 48.8 Å². The van der Waals surface area contributed by atoms with E-state index in [4.69, 9.17) is 18.9 Å². The maximum Gasteiger partial charge on any atom is 0.291 e. The van der Waals surface area contributed by atoms with Crippen molar-refractivity contribution < 1.29 is 33.3 Å². The van der Waals surface area contributed by atoms with Gasteiger partial charge in [0.2, 0.25) is 11.5 Å². The Kier molecular flexibility index (Phi) is 8.71. The molecular formula is C34H32N2O7. The predicted molar refractivity (Wildman–Crippen MR) is 158 cm³/mol. The molecule has 0 N–H and O–H groups in total. The van der Waals surface area contributed by atoms with Gasteiger partial charge in [0.15, 0.2) is 17.3 Å². The molecule has 9 nitrogen and oxygen atoms in total. The van der Waals surface area contributed by atoms with Crippen molar-refractivity contribution in [1.82, 2.24) is 9.88 Å². The Morgan fingerprint density at radius 2 is 1.53 bits per heavy atom. The van der Waals surface area contributed by atoms with Crippen LogP contribution < -0.4 is 18.9 Å². The monoisotopic (exact) mass is 580 g/mol. The third-order valence-corrected chi connectivity index (χ3v) is 7.49. The van der Waals surface area contributed by atoms with Crippen LogP contribution >= 0.6 is 0 Å². The fourth-order valence-corrected chi connectivity index (χ4v) is 5.37. The number of aryl methyl sites for hydroxylation is 1. The molecule has 1 aliphatic heterocycles. The highest BCUT2D eigenvalue weighted by Gasteiger charge is 2.52. The second-order valence-electron chi connectivity index (χ2n) is 10.2. The van der Waals surface area contributed by atoms with Crippen LogP contribution in [-0.4, -0.2) is 48.7 Å². The Hall–Kier alpha value is -5.18. The molecule has 2 heterocycles. The van der Waals surface area contributed by atoms with E-state index in [1.165, 1.54) is 26.2 Å². The smallest absolute Gasteiger partial charge is 0.291 e. The van der Waals surface area contributed by atoms with E-state index in [-0.39, 0.29) is 6.54 Å². The summed E-state index contributed by atoms with van der Waals surface area (Å²) in [5, 5.41) is 0. The first-order valence-electron chi connectivity index (χ1n) is 13.7. The average Bonchev–Trinajstić information content (AvgIpc) is 3.28. The number of pyridine rings is 1. The third kappa shape index (κ3) is 5.92. The summed E-state index contributed by atoms with van der Waals surface area (Å²) in [6.45, 7) is 2.29. The summed E-state index contributed by atoms with van der Waals surface area (Å²) in [6, 6.07) is 20.7. The summed E-state index contributed by atoms with van der Waals surface area (Å²) >= 11 is 0. The van der Waals surface area contributed by atoms with Gasteiger partial charge in [-0.3, -0.25) is 19.4 Å². The molecule has 1 amide bonds. The van der Waals surface area contributed by atoms with Gasteiger partial charge in [-0.2, -0.15) is 0 Å². The first-order valence-corrected chi connectivity index (χ1v) is 13.7. The Labute approximate surface area is 250 Å². The Morgan fingerprint density at radius 1 is 0.837 bits per heavy atom. The van der Waals surface area contributed by atoms with E-state index in [0.717, 1.165) is 11.1 Å². The van der Waals surface area contributed by atoms with E-state index < -0.39 is 29.4 Å². The number of hydrogen-bond donors (Lipinski definition) is 0. The van der Waals surface area contributed by atoms with Crippen LogP contribution in [0.25, 0.3) is 0 Å². The van der Waals surface area contributed by atoms with Crippen molar-refractivity contribution in [3.63, 3.8) is 0 Å². The summed E-state index contributed by atoms with van der Waals surface area (Å²) in [5.41, 5.74) is 3.26. The topological polar surface area (TPSA) is 104 Å². The summed E-state index contributed by atoms with van der Waals surface area (Å²) in [6.07, 6.45) is 3.25. The molecule has 1 aromatic heterocycles. The van der Waals surface area contributed by atoms with E-state index in [2.05, 4.69) is 4.98 Å². The quantitative estimate of drug-likeness (QED) is 0.136. The largest absolute Gasteiger partial charge is 0.493 e. The van der Waals surface area contributed by atoms with Gasteiger partial charge in [-0.25, -0.2) is 0 Å². The standard InChI is InChI=1S/C34H32N2O7/c1-21-15-24(12-13-26(21)43-20-22-9-6-5-7-10-22)31(37)29-30(25-16-27(40-2)33(42-4)28(17-25)41-3)36(34(39)32(29)38)19-23-11-8-14-35-18-23/h5-18,29-30H,19-20H2,1-4H3. The zero-order valence-electron chi connectivity index (χ0n) is 24.4. The molecule has 2 atom stereocenters. The van der Waals surface area contributed by atoms with Crippen LogP contribution in [0.1, 0.15) is 38.7 Å². The van der Waals surface area contributed by atoms with Gasteiger partial charge in [0.1, 0.15) is 18.3 Å². The number of amides is 1. The van der Waals surface area contributed by atoms with Crippen molar-refractivity contribution in [3.05, 3.63) is 113 Å². The molecule has 5 rings (SSSR count). The number of likely N-dealkylation sites (tertiary alicyclic amines) is 1. The molecule has 0 radical (unpaired) electrons. The fraction of sp³-hybridized carbons (Fsp3) is 0.235. The molecule has 2 unspecified atom stereocenters. The SMILES string of the molecule is COc1cc(C2C(C(=O)c3ccc(OCc4ccccc4)c(C)c3)C(=O)C(=O)N2Cc2cccnc2)cc(OC)c1OC. The second kappa shape index (κ2) is 12.8. The van der Waals surface area contributed by atoms with Crippen molar-refractivity contribution in [2.24, 2.45) is 5.92 Å². The van der Waals surface area contributed by atoms with Crippen LogP contribution in [0.15, 0.2) is 85.2 Å². The first-order chi connectivity index (χ1) is 20.9. The van der Waals surface area contributed by atoms with Gasteiger partial charge in [0, 0.05) is 24.5 Å². The first kappa shape index (κ1) is 29.3. The normalized spacial score (nSPS) is 16.2. The number of methoxy groups -OCH3 is 3. The fourth-order valence-electron chi connectivity index (χ4n) is 5.37. The highest BCUT2D eigenvalue weighted by Crippen LogP contribution is 2.45. The lowest BCUT2D eigenvalue weighted by Gasteiger charge is -2.28. The van der Waals surface area contributed by atoms with Crippen molar-refractivity contribution in [2.75, 3.05) is 21.3 Å². The molecule has 0 aliphatic carbocycles. The van der Waals surface area contributed by atoms with Crippen molar-refractivity contribution in [3.8, 4) is 23.0 Å². The van der Waals surface area contributed by atoms with Gasteiger partial charge in [-0.15, -0.1) is 0 Å². The highest BCUT2D eigenvalue weighted by molar-refractivity contribution is 6.44. The lowest BCUT2D eigenvalue weighted by molar-refractivity contribution is -0.141. The molecule has 4 aromatic rings. The molecule has 0 bridgehead atoms. The van der Waals surface area contributed by atoms with Crippen molar-refractivity contribution in [1.29, 1.82) is 0 Å². The van der Waals surface area contributed by atoms with Gasteiger partial charge in [-0.05, 0) is 65.6 Å². The number of rotatable bonds is 11. The molecule has 0 spiro atoms. The minimum absolute atomic E-state index is 0.0782. The predicted octanol–water partition coefficient (Wildman–Crippen LogP) is 5.15. The molecule has 3 aromatic carbocycles. The second-order valence-corrected chi connectivity index (χ2v) is 10.2. The number of benzene rings is 3. The van der Waals surface area contributed by atoms with E-state index in [9.17, 15) is 14.4 Å². The van der Waals surface area contributed by atoms with Crippen LogP contribution in [0, 0.1) is 12.8 Å². The minimum Gasteiger partial charge on any atom is -0.493 e. The van der Waals surface area contributed by atoms with Gasteiger partial charge in [-0.1, -0.05) is 36.4 Å². The molecule has 0 saturated carbocycles.